The van der Waals surface area contributed by atoms with Crippen molar-refractivity contribution in [3.63, 3.8) is 0 Å². The van der Waals surface area contributed by atoms with Crippen LogP contribution in [0.15, 0.2) is 53.1 Å². The number of aromatic nitrogens is 2. The number of ether oxygens (including phenoxy) is 1. The monoisotopic (exact) mass is 443 g/mol. The van der Waals surface area contributed by atoms with Crippen LogP contribution in [-0.2, 0) is 17.9 Å². The summed E-state index contributed by atoms with van der Waals surface area (Å²) in [4.78, 5) is 20.8. The molecule has 0 aliphatic carbocycles. The Kier molecular flexibility index (Phi) is 7.03. The van der Waals surface area contributed by atoms with E-state index in [0.29, 0.717) is 29.7 Å². The Morgan fingerprint density at radius 2 is 1.59 bits per heavy atom. The summed E-state index contributed by atoms with van der Waals surface area (Å²) in [5.74, 6) is 0.636. The first-order valence-corrected chi connectivity index (χ1v) is 10.2. The molecule has 168 valence electrons. The van der Waals surface area contributed by atoms with Crippen molar-refractivity contribution in [2.24, 2.45) is 0 Å². The summed E-state index contributed by atoms with van der Waals surface area (Å²) in [6.07, 6.45) is 0. The molecule has 1 aliphatic heterocycles. The highest BCUT2D eigenvalue weighted by Crippen LogP contribution is 2.14. The average molecular weight is 443 g/mol. The second-order valence-electron chi connectivity index (χ2n) is 7.45. The highest BCUT2D eigenvalue weighted by Gasteiger charge is 2.21. The van der Waals surface area contributed by atoms with E-state index in [1.807, 2.05) is 0 Å². The molecule has 1 saturated heterocycles. The summed E-state index contributed by atoms with van der Waals surface area (Å²) in [5.41, 5.74) is 0.575. The van der Waals surface area contributed by atoms with E-state index in [1.54, 1.807) is 0 Å². The molecule has 1 amide bonds. The van der Waals surface area contributed by atoms with Crippen molar-refractivity contribution in [1.82, 2.24) is 19.9 Å². The third-order valence-corrected chi connectivity index (χ3v) is 5.01. The van der Waals surface area contributed by atoms with Gasteiger partial charge in [0, 0.05) is 31.9 Å². The fourth-order valence-electron chi connectivity index (χ4n) is 3.33. The summed E-state index contributed by atoms with van der Waals surface area (Å²) < 4.78 is 36.7. The van der Waals surface area contributed by atoms with Gasteiger partial charge in [0.15, 0.2) is 6.61 Å². The molecule has 0 bridgehead atoms. The van der Waals surface area contributed by atoms with Crippen LogP contribution in [0.3, 0.4) is 0 Å². The van der Waals surface area contributed by atoms with Crippen molar-refractivity contribution < 1.29 is 22.8 Å². The predicted molar refractivity (Wildman–Crippen MR) is 112 cm³/mol. The van der Waals surface area contributed by atoms with Crippen molar-refractivity contribution in [3.05, 3.63) is 71.9 Å². The Balaban J connectivity index is 1.17. The van der Waals surface area contributed by atoms with E-state index in [0.717, 1.165) is 26.2 Å². The molecule has 0 radical (unpaired) electrons. The SMILES string of the molecule is O=C(CN1CCN(Cc2nc(COc3ccc(F)cc3)no2)CC1)Nc1ccc(F)cc1. The van der Waals surface area contributed by atoms with Gasteiger partial charge in [-0.15, -0.1) is 0 Å². The molecule has 1 aliphatic rings. The average Bonchev–Trinajstić information content (AvgIpc) is 3.23. The van der Waals surface area contributed by atoms with E-state index in [1.165, 1.54) is 48.5 Å². The molecular formula is C22H23F2N5O3. The van der Waals surface area contributed by atoms with Crippen molar-refractivity contribution in [2.75, 3.05) is 38.0 Å². The number of halogens is 2. The molecule has 2 heterocycles. The van der Waals surface area contributed by atoms with E-state index in [2.05, 4.69) is 25.3 Å². The maximum atomic E-state index is 13.0. The van der Waals surface area contributed by atoms with Crippen LogP contribution in [-0.4, -0.2) is 58.6 Å². The molecule has 1 N–H and O–H groups in total. The number of amides is 1. The fraction of sp³-hybridized carbons (Fsp3) is 0.318. The van der Waals surface area contributed by atoms with Crippen LogP contribution in [0, 0.1) is 11.6 Å². The van der Waals surface area contributed by atoms with Crippen molar-refractivity contribution >= 4 is 11.6 Å². The molecule has 0 spiro atoms. The maximum absolute atomic E-state index is 13.0. The number of nitrogens with zero attached hydrogens (tertiary/aromatic N) is 4. The number of carbonyl (C=O) groups excluding carboxylic acids is 1. The normalized spacial score (nSPS) is 14.9. The second kappa shape index (κ2) is 10.3. The molecule has 32 heavy (non-hydrogen) atoms. The number of piperazine rings is 1. The number of anilines is 1. The number of carbonyl (C=O) groups is 1. The zero-order chi connectivity index (χ0) is 22.3. The van der Waals surface area contributed by atoms with Gasteiger partial charge < -0.3 is 14.6 Å². The fourth-order valence-corrected chi connectivity index (χ4v) is 3.33. The highest BCUT2D eigenvalue weighted by atomic mass is 19.1. The summed E-state index contributed by atoms with van der Waals surface area (Å²) in [7, 11) is 0. The van der Waals surface area contributed by atoms with E-state index in [4.69, 9.17) is 9.26 Å². The highest BCUT2D eigenvalue weighted by molar-refractivity contribution is 5.92. The third kappa shape index (κ3) is 6.32. The number of rotatable bonds is 8. The standard InChI is InChI=1S/C22H23F2N5O3/c23-16-1-5-18(6-2-16)25-21(30)13-28-9-11-29(12-10-28)14-22-26-20(27-32-22)15-31-19-7-3-17(24)4-8-19/h1-8H,9-15H2,(H,25,30). The van der Waals surface area contributed by atoms with Crippen LogP contribution in [0.5, 0.6) is 5.75 Å². The van der Waals surface area contributed by atoms with Gasteiger partial charge in [-0.2, -0.15) is 4.98 Å². The minimum absolute atomic E-state index is 0.131. The number of hydrogen-bond acceptors (Lipinski definition) is 7. The number of nitrogens with one attached hydrogen (secondary N) is 1. The van der Waals surface area contributed by atoms with Crippen molar-refractivity contribution in [1.29, 1.82) is 0 Å². The zero-order valence-corrected chi connectivity index (χ0v) is 17.3. The first-order chi connectivity index (χ1) is 15.5. The Hall–Kier alpha value is -3.37. The molecule has 1 fully saturated rings. The molecule has 3 aromatic rings. The quantitative estimate of drug-likeness (QED) is 0.573. The van der Waals surface area contributed by atoms with Gasteiger partial charge in [0.25, 0.3) is 0 Å². The Morgan fingerprint density at radius 3 is 2.28 bits per heavy atom. The van der Waals surface area contributed by atoms with Gasteiger partial charge in [0.2, 0.25) is 17.6 Å². The van der Waals surface area contributed by atoms with Crippen LogP contribution >= 0.6 is 0 Å². The Bertz CT molecular complexity index is 1020. The van der Waals surface area contributed by atoms with E-state index < -0.39 is 0 Å². The molecule has 1 aromatic heterocycles. The molecular weight excluding hydrogens is 420 g/mol. The summed E-state index contributed by atoms with van der Waals surface area (Å²) in [6, 6.07) is 11.4. The first-order valence-electron chi connectivity index (χ1n) is 10.2. The smallest absolute Gasteiger partial charge is 0.240 e. The van der Waals surface area contributed by atoms with Gasteiger partial charge in [0.1, 0.15) is 17.4 Å². The minimum Gasteiger partial charge on any atom is -0.485 e. The van der Waals surface area contributed by atoms with Gasteiger partial charge in [0.05, 0.1) is 13.1 Å². The number of hydrogen-bond donors (Lipinski definition) is 1. The molecule has 0 unspecified atom stereocenters. The van der Waals surface area contributed by atoms with Crippen LogP contribution in [0.25, 0.3) is 0 Å². The van der Waals surface area contributed by atoms with Gasteiger partial charge in [-0.05, 0) is 48.5 Å². The lowest BCUT2D eigenvalue weighted by Gasteiger charge is -2.33. The van der Waals surface area contributed by atoms with Crippen LogP contribution < -0.4 is 10.1 Å². The molecule has 0 atom stereocenters. The Labute approximate surface area is 183 Å². The second-order valence-corrected chi connectivity index (χ2v) is 7.45. The lowest BCUT2D eigenvalue weighted by Crippen LogP contribution is -2.48. The molecule has 4 rings (SSSR count). The van der Waals surface area contributed by atoms with Crippen LogP contribution in [0.4, 0.5) is 14.5 Å². The lowest BCUT2D eigenvalue weighted by molar-refractivity contribution is -0.117. The van der Waals surface area contributed by atoms with Gasteiger partial charge >= 0.3 is 0 Å². The Morgan fingerprint density at radius 1 is 0.969 bits per heavy atom. The van der Waals surface area contributed by atoms with E-state index >= 15 is 0 Å². The molecule has 2 aromatic carbocycles. The maximum Gasteiger partial charge on any atom is 0.240 e. The van der Waals surface area contributed by atoms with E-state index in [9.17, 15) is 13.6 Å². The van der Waals surface area contributed by atoms with Gasteiger partial charge in [-0.1, -0.05) is 5.16 Å². The van der Waals surface area contributed by atoms with Gasteiger partial charge in [-0.25, -0.2) is 8.78 Å². The van der Waals surface area contributed by atoms with E-state index in [-0.39, 0.29) is 30.7 Å². The van der Waals surface area contributed by atoms with Crippen LogP contribution in [0.1, 0.15) is 11.7 Å². The lowest BCUT2D eigenvalue weighted by atomic mass is 10.3. The third-order valence-electron chi connectivity index (χ3n) is 5.01. The summed E-state index contributed by atoms with van der Waals surface area (Å²) in [6.45, 7) is 3.89. The van der Waals surface area contributed by atoms with Crippen LogP contribution in [0.2, 0.25) is 0 Å². The summed E-state index contributed by atoms with van der Waals surface area (Å²) >= 11 is 0. The molecule has 10 heteroatoms. The predicted octanol–water partition coefficient (Wildman–Crippen LogP) is 2.68. The van der Waals surface area contributed by atoms with Gasteiger partial charge in [-0.3, -0.25) is 14.6 Å². The first kappa shape index (κ1) is 21.8. The molecule has 8 nitrogen and oxygen atoms in total. The van der Waals surface area contributed by atoms with Crippen molar-refractivity contribution in [2.45, 2.75) is 13.2 Å². The van der Waals surface area contributed by atoms with Crippen molar-refractivity contribution in [3.8, 4) is 5.75 Å². The zero-order valence-electron chi connectivity index (χ0n) is 17.3. The largest absolute Gasteiger partial charge is 0.485 e. The summed E-state index contributed by atoms with van der Waals surface area (Å²) in [5, 5.41) is 6.69. The topological polar surface area (TPSA) is 83.7 Å². The number of benzene rings is 2. The minimum atomic E-state index is -0.340. The molecule has 0 saturated carbocycles.